The number of hydrogen-bond acceptors (Lipinski definition) is 3. The number of aromatic amines is 1. The Kier molecular flexibility index (Phi) is 5.88. The molecule has 2 amide bonds. The van der Waals surface area contributed by atoms with Crippen molar-refractivity contribution >= 4 is 11.8 Å². The minimum Gasteiger partial charge on any atom is -0.350 e. The fourth-order valence-corrected chi connectivity index (χ4v) is 3.11. The van der Waals surface area contributed by atoms with Gasteiger partial charge >= 0.3 is 0 Å². The van der Waals surface area contributed by atoms with Gasteiger partial charge in [0.15, 0.2) is 5.69 Å². The molecule has 7 heteroatoms. The van der Waals surface area contributed by atoms with Gasteiger partial charge in [0.2, 0.25) is 5.91 Å². The fraction of sp³-hybridized carbons (Fsp3) is 0.450. The highest BCUT2D eigenvalue weighted by atomic mass is 19.1. The van der Waals surface area contributed by atoms with Crippen LogP contribution in [-0.2, 0) is 24.2 Å². The average Bonchev–Trinajstić information content (AvgIpc) is 3.10. The molecule has 27 heavy (non-hydrogen) atoms. The number of nitrogens with one attached hydrogen (secondary N) is 2. The van der Waals surface area contributed by atoms with Crippen LogP contribution < -0.4 is 5.32 Å². The van der Waals surface area contributed by atoms with Crippen LogP contribution in [-0.4, -0.2) is 40.0 Å². The van der Waals surface area contributed by atoms with Gasteiger partial charge in [0.1, 0.15) is 5.82 Å². The molecule has 6 nitrogen and oxygen atoms in total. The topological polar surface area (TPSA) is 78.1 Å². The lowest BCUT2D eigenvalue weighted by atomic mass is 10.0. The number of aromatic nitrogens is 2. The summed E-state index contributed by atoms with van der Waals surface area (Å²) < 4.78 is 13.8. The number of halogens is 1. The molecule has 1 atom stereocenters. The van der Waals surface area contributed by atoms with Crippen LogP contribution in [0.2, 0.25) is 0 Å². The van der Waals surface area contributed by atoms with Crippen molar-refractivity contribution in [3.63, 3.8) is 0 Å². The largest absolute Gasteiger partial charge is 0.350 e. The minimum atomic E-state index is -0.378. The van der Waals surface area contributed by atoms with E-state index in [2.05, 4.69) is 29.4 Å². The van der Waals surface area contributed by atoms with E-state index < -0.39 is 0 Å². The van der Waals surface area contributed by atoms with Crippen molar-refractivity contribution in [2.75, 3.05) is 13.1 Å². The molecule has 0 bridgehead atoms. The van der Waals surface area contributed by atoms with Gasteiger partial charge in [0.25, 0.3) is 5.91 Å². The summed E-state index contributed by atoms with van der Waals surface area (Å²) in [6, 6.07) is 6.29. The zero-order chi connectivity index (χ0) is 19.4. The number of carbonyl (C=O) groups is 2. The van der Waals surface area contributed by atoms with E-state index in [1.165, 1.54) is 6.07 Å². The van der Waals surface area contributed by atoms with Crippen LogP contribution in [0.15, 0.2) is 24.3 Å². The molecule has 2 aromatic rings. The maximum absolute atomic E-state index is 13.8. The van der Waals surface area contributed by atoms with Crippen LogP contribution in [0.5, 0.6) is 0 Å². The summed E-state index contributed by atoms with van der Waals surface area (Å²) in [6.45, 7) is 5.57. The van der Waals surface area contributed by atoms with Gasteiger partial charge in [-0.3, -0.25) is 14.7 Å². The summed E-state index contributed by atoms with van der Waals surface area (Å²) in [5, 5.41) is 9.98. The standard InChI is InChI=1S/C20H25FN4O2/c1-3-13(2)11-22-20(27)19-15-12-25(9-8-17(15)23-24-19)18(26)10-14-6-4-5-7-16(14)21/h4-7,13H,3,8-12H2,1-2H3,(H,22,27)(H,23,24)/t13-/m0/s1. The molecule has 0 spiro atoms. The Bertz CT molecular complexity index is 833. The van der Waals surface area contributed by atoms with Gasteiger partial charge in [-0.05, 0) is 17.5 Å². The monoisotopic (exact) mass is 372 g/mol. The number of carbonyl (C=O) groups excluding carboxylic acids is 2. The van der Waals surface area contributed by atoms with Crippen LogP contribution >= 0.6 is 0 Å². The molecule has 1 aliphatic rings. The Morgan fingerprint density at radius 2 is 2.15 bits per heavy atom. The number of hydrogen-bond donors (Lipinski definition) is 2. The summed E-state index contributed by atoms with van der Waals surface area (Å²) in [5.41, 5.74) is 2.37. The number of nitrogens with zero attached hydrogens (tertiary/aromatic N) is 2. The minimum absolute atomic E-state index is 0.00933. The summed E-state index contributed by atoms with van der Waals surface area (Å²) in [5.74, 6) is -0.367. The smallest absolute Gasteiger partial charge is 0.272 e. The predicted molar refractivity (Wildman–Crippen MR) is 99.6 cm³/mol. The Morgan fingerprint density at radius 3 is 2.89 bits per heavy atom. The summed E-state index contributed by atoms with van der Waals surface area (Å²) in [6.07, 6.45) is 1.59. The number of amides is 2. The predicted octanol–water partition coefficient (Wildman–Crippen LogP) is 2.45. The van der Waals surface area contributed by atoms with Crippen molar-refractivity contribution in [2.45, 2.75) is 39.7 Å². The lowest BCUT2D eigenvalue weighted by Gasteiger charge is -2.27. The number of H-pyrrole nitrogens is 1. The molecule has 1 aromatic carbocycles. The summed E-state index contributed by atoms with van der Waals surface area (Å²) >= 11 is 0. The molecule has 0 saturated heterocycles. The second kappa shape index (κ2) is 8.33. The van der Waals surface area contributed by atoms with E-state index in [1.54, 1.807) is 23.1 Å². The first-order chi connectivity index (χ1) is 13.0. The Balaban J connectivity index is 1.68. The van der Waals surface area contributed by atoms with Crippen LogP contribution in [0.3, 0.4) is 0 Å². The van der Waals surface area contributed by atoms with Crippen molar-refractivity contribution in [3.8, 4) is 0 Å². The van der Waals surface area contributed by atoms with Crippen LogP contribution in [0.4, 0.5) is 4.39 Å². The third-order valence-electron chi connectivity index (χ3n) is 5.11. The first-order valence-corrected chi connectivity index (χ1v) is 9.35. The average molecular weight is 372 g/mol. The fourth-order valence-electron chi connectivity index (χ4n) is 3.11. The third-order valence-corrected chi connectivity index (χ3v) is 5.11. The zero-order valence-corrected chi connectivity index (χ0v) is 15.7. The number of rotatable bonds is 6. The molecule has 3 rings (SSSR count). The maximum atomic E-state index is 13.8. The van der Waals surface area contributed by atoms with Gasteiger partial charge in [-0.2, -0.15) is 5.10 Å². The zero-order valence-electron chi connectivity index (χ0n) is 15.7. The molecular formula is C20H25FN4O2. The van der Waals surface area contributed by atoms with E-state index in [4.69, 9.17) is 0 Å². The third kappa shape index (κ3) is 4.35. The van der Waals surface area contributed by atoms with Crippen molar-refractivity contribution in [3.05, 3.63) is 52.6 Å². The van der Waals surface area contributed by atoms with Gasteiger partial charge in [0.05, 0.1) is 6.42 Å². The van der Waals surface area contributed by atoms with Gasteiger partial charge in [-0.15, -0.1) is 0 Å². The highest BCUT2D eigenvalue weighted by molar-refractivity contribution is 5.94. The lowest BCUT2D eigenvalue weighted by Crippen LogP contribution is -2.38. The molecule has 144 valence electrons. The Hall–Kier alpha value is -2.70. The van der Waals surface area contributed by atoms with E-state index in [9.17, 15) is 14.0 Å². The van der Waals surface area contributed by atoms with Crippen LogP contribution in [0.25, 0.3) is 0 Å². The molecule has 1 aromatic heterocycles. The van der Waals surface area contributed by atoms with Crippen molar-refractivity contribution in [1.29, 1.82) is 0 Å². The van der Waals surface area contributed by atoms with Gasteiger partial charge < -0.3 is 10.2 Å². The van der Waals surface area contributed by atoms with Crippen molar-refractivity contribution < 1.29 is 14.0 Å². The maximum Gasteiger partial charge on any atom is 0.272 e. The highest BCUT2D eigenvalue weighted by Crippen LogP contribution is 2.21. The molecule has 0 saturated carbocycles. The second-order valence-corrected chi connectivity index (χ2v) is 7.09. The molecule has 2 heterocycles. The van der Waals surface area contributed by atoms with E-state index in [-0.39, 0.29) is 24.1 Å². The van der Waals surface area contributed by atoms with Crippen LogP contribution in [0.1, 0.15) is 47.6 Å². The molecule has 0 unspecified atom stereocenters. The van der Waals surface area contributed by atoms with E-state index >= 15 is 0 Å². The summed E-state index contributed by atoms with van der Waals surface area (Å²) in [7, 11) is 0. The van der Waals surface area contributed by atoms with Crippen molar-refractivity contribution in [1.82, 2.24) is 20.4 Å². The normalized spacial score (nSPS) is 14.6. The molecule has 0 radical (unpaired) electrons. The summed E-state index contributed by atoms with van der Waals surface area (Å²) in [4.78, 5) is 26.7. The quantitative estimate of drug-likeness (QED) is 0.818. The number of benzene rings is 1. The van der Waals surface area contributed by atoms with E-state index in [1.807, 2.05) is 0 Å². The van der Waals surface area contributed by atoms with Gasteiger partial charge in [-0.25, -0.2) is 4.39 Å². The Labute approximate surface area is 158 Å². The first-order valence-electron chi connectivity index (χ1n) is 9.35. The molecule has 0 aliphatic carbocycles. The Morgan fingerprint density at radius 1 is 1.37 bits per heavy atom. The molecular weight excluding hydrogens is 347 g/mol. The first kappa shape index (κ1) is 19.1. The molecule has 2 N–H and O–H groups in total. The van der Waals surface area contributed by atoms with Gasteiger partial charge in [-0.1, -0.05) is 38.5 Å². The molecule has 1 aliphatic heterocycles. The highest BCUT2D eigenvalue weighted by Gasteiger charge is 2.28. The lowest BCUT2D eigenvalue weighted by molar-refractivity contribution is -0.131. The second-order valence-electron chi connectivity index (χ2n) is 7.09. The van der Waals surface area contributed by atoms with Gasteiger partial charge in [0, 0.05) is 37.3 Å². The van der Waals surface area contributed by atoms with Crippen molar-refractivity contribution in [2.24, 2.45) is 5.92 Å². The van der Waals surface area contributed by atoms with E-state index in [0.29, 0.717) is 43.2 Å². The SMILES string of the molecule is CC[C@H](C)CNC(=O)c1n[nH]c2c1CN(C(=O)Cc1ccccc1F)CC2. The van der Waals surface area contributed by atoms with Crippen LogP contribution in [0, 0.1) is 11.7 Å². The van der Waals surface area contributed by atoms with E-state index in [0.717, 1.165) is 17.7 Å². The molecule has 0 fully saturated rings. The number of fused-ring (bicyclic) bond motifs is 1.